The number of aromatic nitrogens is 1. The highest BCUT2D eigenvalue weighted by atomic mass is 19.4. The van der Waals surface area contributed by atoms with Gasteiger partial charge in [0, 0.05) is 6.07 Å². The molecule has 1 N–H and O–H groups in total. The predicted molar refractivity (Wildman–Crippen MR) is 71.9 cm³/mol. The molecule has 0 bridgehead atoms. The van der Waals surface area contributed by atoms with Crippen molar-refractivity contribution in [1.29, 1.82) is 0 Å². The summed E-state index contributed by atoms with van der Waals surface area (Å²) < 4.78 is 55.4. The van der Waals surface area contributed by atoms with Crippen molar-refractivity contribution in [3.63, 3.8) is 0 Å². The predicted octanol–water partition coefficient (Wildman–Crippen LogP) is 3.19. The van der Waals surface area contributed by atoms with Gasteiger partial charge >= 0.3 is 6.18 Å². The lowest BCUT2D eigenvalue weighted by Crippen LogP contribution is -2.40. The van der Waals surface area contributed by atoms with Crippen LogP contribution in [0, 0.1) is 5.82 Å². The van der Waals surface area contributed by atoms with Crippen molar-refractivity contribution >= 4 is 5.91 Å². The number of halogens is 4. The van der Waals surface area contributed by atoms with Crippen molar-refractivity contribution in [2.24, 2.45) is 0 Å². The maximum Gasteiger partial charge on any atom is 0.405 e. The van der Waals surface area contributed by atoms with Crippen LogP contribution in [-0.2, 0) is 10.2 Å². The molecule has 122 valence electrons. The van der Waals surface area contributed by atoms with E-state index in [4.69, 9.17) is 4.52 Å². The smallest absolute Gasteiger partial charge is 0.356 e. The van der Waals surface area contributed by atoms with Crippen LogP contribution in [0.3, 0.4) is 0 Å². The Labute approximate surface area is 128 Å². The molecule has 0 spiro atoms. The standard InChI is InChI=1S/C15H12F4N2O2/c16-10-4-2-1-3-9(10)11-7-12(21-23-11)14(5-6-14)13(22)20-8-15(17,18)19/h1-4,7H,5-6,8H2,(H,20,22). The van der Waals surface area contributed by atoms with E-state index in [1.165, 1.54) is 24.3 Å². The summed E-state index contributed by atoms with van der Waals surface area (Å²) in [6.45, 7) is -1.40. The first-order chi connectivity index (χ1) is 10.8. The molecule has 23 heavy (non-hydrogen) atoms. The highest BCUT2D eigenvalue weighted by Gasteiger charge is 2.54. The average Bonchev–Trinajstić information content (AvgIpc) is 3.16. The Hall–Kier alpha value is -2.38. The lowest BCUT2D eigenvalue weighted by molar-refractivity contribution is -0.140. The lowest BCUT2D eigenvalue weighted by atomic mass is 10.0. The van der Waals surface area contributed by atoms with Crippen molar-refractivity contribution in [2.45, 2.75) is 24.4 Å². The molecule has 1 saturated carbocycles. The van der Waals surface area contributed by atoms with Crippen molar-refractivity contribution in [3.8, 4) is 11.3 Å². The van der Waals surface area contributed by atoms with E-state index in [0.717, 1.165) is 0 Å². The van der Waals surface area contributed by atoms with Crippen LogP contribution >= 0.6 is 0 Å². The Bertz CT molecular complexity index is 735. The van der Waals surface area contributed by atoms with E-state index >= 15 is 0 Å². The molecule has 0 atom stereocenters. The topological polar surface area (TPSA) is 55.1 Å². The van der Waals surface area contributed by atoms with Crippen molar-refractivity contribution in [2.75, 3.05) is 6.54 Å². The average molecular weight is 328 g/mol. The van der Waals surface area contributed by atoms with E-state index in [9.17, 15) is 22.4 Å². The fourth-order valence-electron chi connectivity index (χ4n) is 2.36. The molecule has 0 unspecified atom stereocenters. The third-order valence-electron chi connectivity index (χ3n) is 3.77. The monoisotopic (exact) mass is 328 g/mol. The van der Waals surface area contributed by atoms with E-state index in [-0.39, 0.29) is 17.0 Å². The molecule has 1 aliphatic rings. The second kappa shape index (κ2) is 5.36. The van der Waals surface area contributed by atoms with Gasteiger partial charge in [-0.3, -0.25) is 4.79 Å². The van der Waals surface area contributed by atoms with Crippen LogP contribution in [0.4, 0.5) is 17.6 Å². The minimum absolute atomic E-state index is 0.132. The SMILES string of the molecule is O=C(NCC(F)(F)F)C1(c2cc(-c3ccccc3F)on2)CC1. The minimum atomic E-state index is -4.48. The maximum absolute atomic E-state index is 13.7. The number of carbonyl (C=O) groups is 1. The molecule has 3 rings (SSSR count). The number of hydrogen-bond donors (Lipinski definition) is 1. The Kier molecular flexibility index (Phi) is 3.62. The third kappa shape index (κ3) is 3.06. The van der Waals surface area contributed by atoms with E-state index in [1.807, 2.05) is 5.32 Å². The molecular formula is C15H12F4N2O2. The second-order valence-corrected chi connectivity index (χ2v) is 5.44. The van der Waals surface area contributed by atoms with Crippen LogP contribution in [0.25, 0.3) is 11.3 Å². The van der Waals surface area contributed by atoms with E-state index < -0.39 is 29.9 Å². The molecule has 1 aromatic carbocycles. The third-order valence-corrected chi connectivity index (χ3v) is 3.77. The number of amides is 1. The van der Waals surface area contributed by atoms with Gasteiger partial charge in [-0.25, -0.2) is 4.39 Å². The van der Waals surface area contributed by atoms with Gasteiger partial charge in [-0.2, -0.15) is 13.2 Å². The van der Waals surface area contributed by atoms with Crippen LogP contribution in [0.15, 0.2) is 34.9 Å². The van der Waals surface area contributed by atoms with E-state index in [0.29, 0.717) is 12.8 Å². The number of nitrogens with one attached hydrogen (secondary N) is 1. The summed E-state index contributed by atoms with van der Waals surface area (Å²) in [6.07, 6.45) is -3.73. The van der Waals surface area contributed by atoms with Crippen LogP contribution < -0.4 is 5.32 Å². The van der Waals surface area contributed by atoms with E-state index in [1.54, 1.807) is 6.07 Å². The molecule has 1 fully saturated rings. The Morgan fingerprint density at radius 2 is 2.00 bits per heavy atom. The molecule has 0 saturated heterocycles. The molecule has 2 aromatic rings. The minimum Gasteiger partial charge on any atom is -0.356 e. The Balaban J connectivity index is 1.80. The zero-order valence-electron chi connectivity index (χ0n) is 11.8. The lowest BCUT2D eigenvalue weighted by Gasteiger charge is -2.13. The number of rotatable bonds is 4. The molecular weight excluding hydrogens is 316 g/mol. The number of alkyl halides is 3. The first-order valence-electron chi connectivity index (χ1n) is 6.89. The van der Waals surface area contributed by atoms with Crippen molar-refractivity contribution < 1.29 is 26.9 Å². The molecule has 8 heteroatoms. The molecule has 4 nitrogen and oxygen atoms in total. The fraction of sp³-hybridized carbons (Fsp3) is 0.333. The quantitative estimate of drug-likeness (QED) is 0.877. The summed E-state index contributed by atoms with van der Waals surface area (Å²) in [4.78, 5) is 12.0. The summed E-state index contributed by atoms with van der Waals surface area (Å²) in [5.41, 5.74) is -0.716. The van der Waals surface area contributed by atoms with Gasteiger partial charge in [-0.05, 0) is 25.0 Å². The normalized spacial score (nSPS) is 16.2. The van der Waals surface area contributed by atoms with Gasteiger partial charge in [-0.1, -0.05) is 17.3 Å². The first-order valence-corrected chi connectivity index (χ1v) is 6.89. The molecule has 1 amide bonds. The first kappa shape index (κ1) is 15.5. The van der Waals surface area contributed by atoms with Crippen LogP contribution in [0.5, 0.6) is 0 Å². The van der Waals surface area contributed by atoms with Gasteiger partial charge in [0.2, 0.25) is 5.91 Å². The summed E-state index contributed by atoms with van der Waals surface area (Å²) >= 11 is 0. The van der Waals surface area contributed by atoms with Gasteiger partial charge in [0.05, 0.1) is 16.7 Å². The molecule has 1 aromatic heterocycles. The van der Waals surface area contributed by atoms with Gasteiger partial charge in [-0.15, -0.1) is 0 Å². The second-order valence-electron chi connectivity index (χ2n) is 5.44. The number of nitrogens with zero attached hydrogens (tertiary/aromatic N) is 1. The van der Waals surface area contributed by atoms with Gasteiger partial charge in [0.25, 0.3) is 0 Å². The maximum atomic E-state index is 13.7. The summed E-state index contributed by atoms with van der Waals surface area (Å²) in [5.74, 6) is -1.13. The molecule has 0 aliphatic heterocycles. The number of benzene rings is 1. The van der Waals surface area contributed by atoms with Gasteiger partial charge in [0.1, 0.15) is 12.4 Å². The largest absolute Gasteiger partial charge is 0.405 e. The van der Waals surface area contributed by atoms with Gasteiger partial charge < -0.3 is 9.84 Å². The summed E-state index contributed by atoms with van der Waals surface area (Å²) in [7, 11) is 0. The number of carbonyl (C=O) groups excluding carboxylic acids is 1. The van der Waals surface area contributed by atoms with Crippen LogP contribution in [-0.4, -0.2) is 23.8 Å². The zero-order valence-corrected chi connectivity index (χ0v) is 11.8. The molecule has 0 radical (unpaired) electrons. The molecule has 1 aliphatic carbocycles. The highest BCUT2D eigenvalue weighted by molar-refractivity contribution is 5.91. The zero-order chi connectivity index (χ0) is 16.7. The Morgan fingerprint density at radius 1 is 1.30 bits per heavy atom. The van der Waals surface area contributed by atoms with Gasteiger partial charge in [0.15, 0.2) is 5.76 Å². The fourth-order valence-corrected chi connectivity index (χ4v) is 2.36. The van der Waals surface area contributed by atoms with Crippen LogP contribution in [0.1, 0.15) is 18.5 Å². The van der Waals surface area contributed by atoms with Crippen molar-refractivity contribution in [1.82, 2.24) is 10.5 Å². The molecule has 1 heterocycles. The highest BCUT2D eigenvalue weighted by Crippen LogP contribution is 2.48. The Morgan fingerprint density at radius 3 is 2.61 bits per heavy atom. The summed E-state index contributed by atoms with van der Waals surface area (Å²) in [5, 5.41) is 5.61. The number of hydrogen-bond acceptors (Lipinski definition) is 3. The van der Waals surface area contributed by atoms with E-state index in [2.05, 4.69) is 5.16 Å². The summed E-state index contributed by atoms with van der Waals surface area (Å²) in [6, 6.07) is 7.27. The van der Waals surface area contributed by atoms with Crippen molar-refractivity contribution in [3.05, 3.63) is 41.8 Å². The van der Waals surface area contributed by atoms with Crippen LogP contribution in [0.2, 0.25) is 0 Å².